The van der Waals surface area contributed by atoms with Gasteiger partial charge in [-0.2, -0.15) is 0 Å². The third-order valence-corrected chi connectivity index (χ3v) is 12.3. The summed E-state index contributed by atoms with van der Waals surface area (Å²) in [5.74, 6) is 3.31. The highest BCUT2D eigenvalue weighted by Gasteiger charge is 2.59. The average Bonchev–Trinajstić information content (AvgIpc) is 3.25. The number of fused-ring (bicyclic) bond motifs is 5. The Kier molecular flexibility index (Phi) is 10.4. The van der Waals surface area contributed by atoms with E-state index in [1.54, 1.807) is 5.57 Å². The Bertz CT molecular complexity index is 1030. The predicted octanol–water partition coefficient (Wildman–Crippen LogP) is 8.46. The molecule has 43 heavy (non-hydrogen) atoms. The van der Waals surface area contributed by atoms with E-state index in [0.717, 1.165) is 49.9 Å². The number of hydrogen-bond acceptors (Lipinski definition) is 5. The standard InChI is InChI=1S/C37H63NO5/c1-22(2)31(42-33(40)32(23(3)4)38-34(41)43-35(6,7)8)16-11-24(5)28-14-15-29-27-13-12-25-21-26(39)17-19-36(25,9)30(27)18-20-37(28,29)10/h12,22-24,26-32,39H,11,13-21H2,1-10H3,(H,38,41)/t24-,26+,27+,28-,29+,30+,31+,32+,36+,37-/m1/s1. The second-order valence-corrected chi connectivity index (χ2v) is 17.0. The van der Waals surface area contributed by atoms with Gasteiger partial charge in [0.15, 0.2) is 0 Å². The van der Waals surface area contributed by atoms with Crippen molar-refractivity contribution in [2.45, 2.75) is 157 Å². The molecule has 0 heterocycles. The van der Waals surface area contributed by atoms with Gasteiger partial charge in [-0.05, 0) is 137 Å². The highest BCUT2D eigenvalue weighted by atomic mass is 16.6. The van der Waals surface area contributed by atoms with Crippen molar-refractivity contribution in [1.29, 1.82) is 0 Å². The lowest BCUT2D eigenvalue weighted by molar-refractivity contribution is -0.155. The Morgan fingerprint density at radius 1 is 0.977 bits per heavy atom. The van der Waals surface area contributed by atoms with Crippen LogP contribution in [0.1, 0.15) is 133 Å². The first-order valence-electron chi connectivity index (χ1n) is 17.5. The lowest BCUT2D eigenvalue weighted by Crippen LogP contribution is -2.50. The number of aliphatic hydroxyl groups is 1. The molecule has 0 aromatic rings. The monoisotopic (exact) mass is 601 g/mol. The molecule has 3 saturated carbocycles. The maximum absolute atomic E-state index is 13.3. The molecule has 0 unspecified atom stereocenters. The van der Waals surface area contributed by atoms with E-state index in [-0.39, 0.29) is 35.4 Å². The highest BCUT2D eigenvalue weighted by molar-refractivity contribution is 5.81. The van der Waals surface area contributed by atoms with E-state index in [2.05, 4.69) is 46.0 Å². The van der Waals surface area contributed by atoms with Crippen molar-refractivity contribution in [3.05, 3.63) is 11.6 Å². The number of carbonyl (C=O) groups is 2. The van der Waals surface area contributed by atoms with Crippen LogP contribution in [0, 0.1) is 52.3 Å². The van der Waals surface area contributed by atoms with Crippen molar-refractivity contribution < 1.29 is 24.2 Å². The van der Waals surface area contributed by atoms with Gasteiger partial charge in [-0.15, -0.1) is 0 Å². The van der Waals surface area contributed by atoms with Crippen molar-refractivity contribution in [2.24, 2.45) is 52.3 Å². The summed E-state index contributed by atoms with van der Waals surface area (Å²) >= 11 is 0. The summed E-state index contributed by atoms with van der Waals surface area (Å²) in [5.41, 5.74) is 1.58. The minimum absolute atomic E-state index is 0.107. The highest BCUT2D eigenvalue weighted by Crippen LogP contribution is 2.67. The van der Waals surface area contributed by atoms with Crippen LogP contribution in [0.5, 0.6) is 0 Å². The summed E-state index contributed by atoms with van der Waals surface area (Å²) in [6, 6.07) is -0.738. The van der Waals surface area contributed by atoms with E-state index in [4.69, 9.17) is 9.47 Å². The van der Waals surface area contributed by atoms with Gasteiger partial charge in [0.1, 0.15) is 17.7 Å². The fourth-order valence-electron chi connectivity index (χ4n) is 9.93. The molecule has 10 atom stereocenters. The molecule has 4 rings (SSSR count). The zero-order chi connectivity index (χ0) is 31.9. The number of esters is 1. The van der Waals surface area contributed by atoms with Crippen molar-refractivity contribution in [2.75, 3.05) is 0 Å². The first kappa shape index (κ1) is 34.3. The predicted molar refractivity (Wildman–Crippen MR) is 172 cm³/mol. The van der Waals surface area contributed by atoms with Gasteiger partial charge >= 0.3 is 12.1 Å². The van der Waals surface area contributed by atoms with Crippen LogP contribution in [-0.4, -0.2) is 41.0 Å². The topological polar surface area (TPSA) is 84.9 Å². The van der Waals surface area contributed by atoms with Crippen molar-refractivity contribution >= 4 is 12.1 Å². The minimum atomic E-state index is -0.738. The van der Waals surface area contributed by atoms with E-state index in [1.807, 2.05) is 34.6 Å². The van der Waals surface area contributed by atoms with Gasteiger partial charge in [0, 0.05) is 0 Å². The van der Waals surface area contributed by atoms with E-state index < -0.39 is 17.7 Å². The smallest absolute Gasteiger partial charge is 0.408 e. The quantitative estimate of drug-likeness (QED) is 0.205. The Morgan fingerprint density at radius 2 is 1.67 bits per heavy atom. The molecule has 246 valence electrons. The summed E-state index contributed by atoms with van der Waals surface area (Å²) in [4.78, 5) is 25.7. The molecule has 4 aliphatic carbocycles. The Hall–Kier alpha value is -1.56. The largest absolute Gasteiger partial charge is 0.461 e. The molecule has 0 saturated heterocycles. The van der Waals surface area contributed by atoms with Crippen LogP contribution in [0.4, 0.5) is 4.79 Å². The molecular formula is C37H63NO5. The summed E-state index contributed by atoms with van der Waals surface area (Å²) < 4.78 is 11.5. The summed E-state index contributed by atoms with van der Waals surface area (Å²) in [6.07, 6.45) is 13.0. The van der Waals surface area contributed by atoms with Crippen molar-refractivity contribution in [3.63, 3.8) is 0 Å². The SMILES string of the molecule is CC(C)[C@H](CC[C@@H](C)[C@H]1CC[C@H]2[C@@H]3CC=C4C[C@@H](O)CC[C@]4(C)[C@H]3CC[C@]12C)OC(=O)[C@@H](NC(=O)OC(C)(C)C)C(C)C. The average molecular weight is 602 g/mol. The molecule has 0 aliphatic heterocycles. The number of alkyl carbamates (subject to hydrolysis) is 1. The van der Waals surface area contributed by atoms with Gasteiger partial charge in [-0.3, -0.25) is 0 Å². The summed E-state index contributed by atoms with van der Waals surface area (Å²) in [7, 11) is 0. The van der Waals surface area contributed by atoms with Crippen molar-refractivity contribution in [3.8, 4) is 0 Å². The molecule has 2 N–H and O–H groups in total. The minimum Gasteiger partial charge on any atom is -0.461 e. The molecule has 0 aromatic heterocycles. The molecule has 1 amide bonds. The molecule has 3 fully saturated rings. The Labute approximate surface area is 262 Å². The van der Waals surface area contributed by atoms with Crippen LogP contribution in [0.2, 0.25) is 0 Å². The van der Waals surface area contributed by atoms with Crippen LogP contribution >= 0.6 is 0 Å². The van der Waals surface area contributed by atoms with Crippen LogP contribution in [-0.2, 0) is 14.3 Å². The fourth-order valence-corrected chi connectivity index (χ4v) is 9.93. The Balaban J connectivity index is 1.37. The lowest BCUT2D eigenvalue weighted by Gasteiger charge is -2.58. The number of nitrogens with one attached hydrogen (secondary N) is 1. The molecule has 6 heteroatoms. The van der Waals surface area contributed by atoms with Gasteiger partial charge < -0.3 is 19.9 Å². The zero-order valence-electron chi connectivity index (χ0n) is 29.0. The van der Waals surface area contributed by atoms with Gasteiger partial charge in [0.2, 0.25) is 0 Å². The molecule has 6 nitrogen and oxygen atoms in total. The van der Waals surface area contributed by atoms with Crippen LogP contribution in [0.15, 0.2) is 11.6 Å². The van der Waals surface area contributed by atoms with E-state index in [9.17, 15) is 14.7 Å². The number of amides is 1. The molecule has 4 aliphatic rings. The second kappa shape index (κ2) is 13.0. The number of ether oxygens (including phenoxy) is 2. The maximum atomic E-state index is 13.3. The van der Waals surface area contributed by atoms with E-state index >= 15 is 0 Å². The summed E-state index contributed by atoms with van der Waals surface area (Å²) in [6.45, 7) is 21.1. The second-order valence-electron chi connectivity index (χ2n) is 17.0. The normalized spacial score (nSPS) is 36.1. The lowest BCUT2D eigenvalue weighted by atomic mass is 9.47. The van der Waals surface area contributed by atoms with Gasteiger partial charge in [0.05, 0.1) is 6.10 Å². The number of hydrogen-bond donors (Lipinski definition) is 2. The van der Waals surface area contributed by atoms with Crippen molar-refractivity contribution in [1.82, 2.24) is 5.32 Å². The van der Waals surface area contributed by atoms with Gasteiger partial charge in [-0.25, -0.2) is 9.59 Å². The molecule has 0 aromatic carbocycles. The fraction of sp³-hybridized carbons (Fsp3) is 0.892. The summed E-state index contributed by atoms with van der Waals surface area (Å²) in [5, 5.41) is 13.1. The maximum Gasteiger partial charge on any atom is 0.408 e. The molecular weight excluding hydrogens is 538 g/mol. The van der Waals surface area contributed by atoms with Gasteiger partial charge in [-0.1, -0.05) is 60.1 Å². The van der Waals surface area contributed by atoms with E-state index in [1.165, 1.54) is 32.1 Å². The van der Waals surface area contributed by atoms with Crippen LogP contribution in [0.25, 0.3) is 0 Å². The van der Waals surface area contributed by atoms with Crippen LogP contribution < -0.4 is 5.32 Å². The number of aliphatic hydroxyl groups excluding tert-OH is 1. The number of rotatable bonds is 9. The Morgan fingerprint density at radius 3 is 2.30 bits per heavy atom. The van der Waals surface area contributed by atoms with Crippen LogP contribution in [0.3, 0.4) is 0 Å². The molecule has 0 spiro atoms. The third kappa shape index (κ3) is 7.31. The third-order valence-electron chi connectivity index (χ3n) is 12.3. The molecule has 0 bridgehead atoms. The first-order chi connectivity index (χ1) is 20.0. The zero-order valence-corrected chi connectivity index (χ0v) is 29.0. The number of carbonyl (C=O) groups excluding carboxylic acids is 2. The number of allylic oxidation sites excluding steroid dienone is 1. The van der Waals surface area contributed by atoms with Gasteiger partial charge in [0.25, 0.3) is 0 Å². The van der Waals surface area contributed by atoms with E-state index in [0.29, 0.717) is 17.3 Å². The first-order valence-corrected chi connectivity index (χ1v) is 17.5. The molecule has 0 radical (unpaired) electrons.